The first-order valence-corrected chi connectivity index (χ1v) is 7.16. The van der Waals surface area contributed by atoms with Crippen LogP contribution in [0.3, 0.4) is 0 Å². The van der Waals surface area contributed by atoms with Crippen molar-refractivity contribution in [2.24, 2.45) is 0 Å². The van der Waals surface area contributed by atoms with Gasteiger partial charge in [-0.05, 0) is 31.7 Å². The molecule has 0 bridgehead atoms. The molecule has 1 aromatic carbocycles. The van der Waals surface area contributed by atoms with E-state index in [9.17, 15) is 4.79 Å². The molecule has 0 aromatic heterocycles. The quantitative estimate of drug-likeness (QED) is 0.812. The third-order valence-electron chi connectivity index (χ3n) is 3.57. The molecule has 0 aliphatic carbocycles. The van der Waals surface area contributed by atoms with Crippen molar-refractivity contribution in [2.75, 3.05) is 13.2 Å². The Kier molecular flexibility index (Phi) is 5.56. The number of benzene rings is 1. The smallest absolute Gasteiger partial charge is 0.303 e. The fraction of sp³-hybridized carbons (Fsp3) is 0.562. The third-order valence-corrected chi connectivity index (χ3v) is 3.57. The van der Waals surface area contributed by atoms with Crippen LogP contribution in [-0.4, -0.2) is 30.4 Å². The highest BCUT2D eigenvalue weighted by Crippen LogP contribution is 2.29. The molecule has 0 saturated carbocycles. The van der Waals surface area contributed by atoms with Crippen LogP contribution in [0.4, 0.5) is 0 Å². The number of carboxylic acid groups (broad SMARTS) is 1. The van der Waals surface area contributed by atoms with Gasteiger partial charge in [0, 0.05) is 13.0 Å². The summed E-state index contributed by atoms with van der Waals surface area (Å²) in [5.74, 6) is -0.770. The largest absolute Gasteiger partial charge is 0.481 e. The van der Waals surface area contributed by atoms with Gasteiger partial charge in [-0.3, -0.25) is 4.79 Å². The molecule has 1 heterocycles. The Bertz CT molecular complexity index is 419. The van der Waals surface area contributed by atoms with Gasteiger partial charge in [-0.15, -0.1) is 0 Å². The van der Waals surface area contributed by atoms with E-state index in [4.69, 9.17) is 14.6 Å². The molecule has 1 fully saturated rings. The zero-order valence-corrected chi connectivity index (χ0v) is 11.9. The summed E-state index contributed by atoms with van der Waals surface area (Å²) >= 11 is 0. The summed E-state index contributed by atoms with van der Waals surface area (Å²) in [7, 11) is 0. The maximum Gasteiger partial charge on any atom is 0.303 e. The number of carboxylic acids is 1. The summed E-state index contributed by atoms with van der Waals surface area (Å²) in [4.78, 5) is 10.4. The second-order valence-electron chi connectivity index (χ2n) is 5.30. The lowest BCUT2D eigenvalue weighted by atomic mass is 9.99. The van der Waals surface area contributed by atoms with Crippen LogP contribution in [-0.2, 0) is 14.3 Å². The Labute approximate surface area is 119 Å². The van der Waals surface area contributed by atoms with Crippen molar-refractivity contribution < 1.29 is 19.4 Å². The Morgan fingerprint density at radius 3 is 2.70 bits per heavy atom. The van der Waals surface area contributed by atoms with Gasteiger partial charge in [0.15, 0.2) is 0 Å². The number of carbonyl (C=O) groups is 1. The van der Waals surface area contributed by atoms with E-state index >= 15 is 0 Å². The van der Waals surface area contributed by atoms with E-state index in [0.717, 1.165) is 12.8 Å². The molecule has 0 spiro atoms. The highest BCUT2D eigenvalue weighted by molar-refractivity contribution is 5.66. The van der Waals surface area contributed by atoms with E-state index in [0.29, 0.717) is 19.6 Å². The lowest BCUT2D eigenvalue weighted by Crippen LogP contribution is -2.28. The molecule has 1 N–H and O–H groups in total. The summed E-state index contributed by atoms with van der Waals surface area (Å²) < 4.78 is 11.5. The van der Waals surface area contributed by atoms with Gasteiger partial charge in [-0.1, -0.05) is 29.8 Å². The second-order valence-corrected chi connectivity index (χ2v) is 5.30. The fourth-order valence-electron chi connectivity index (χ4n) is 2.38. The highest BCUT2D eigenvalue weighted by atomic mass is 16.5. The van der Waals surface area contributed by atoms with Gasteiger partial charge in [0.05, 0.1) is 18.8 Å². The molecule has 4 heteroatoms. The molecular weight excluding hydrogens is 256 g/mol. The lowest BCUT2D eigenvalue weighted by molar-refractivity contribution is -0.137. The van der Waals surface area contributed by atoms with E-state index in [1.54, 1.807) is 0 Å². The molecular formula is C16H22O4. The maximum atomic E-state index is 10.4. The molecule has 1 aromatic rings. The van der Waals surface area contributed by atoms with E-state index in [-0.39, 0.29) is 18.6 Å². The fourth-order valence-corrected chi connectivity index (χ4v) is 2.38. The Morgan fingerprint density at radius 1 is 1.35 bits per heavy atom. The predicted molar refractivity (Wildman–Crippen MR) is 75.7 cm³/mol. The van der Waals surface area contributed by atoms with Gasteiger partial charge in [-0.2, -0.15) is 0 Å². The molecule has 1 unspecified atom stereocenters. The summed E-state index contributed by atoms with van der Waals surface area (Å²) in [5.41, 5.74) is 2.48. The zero-order valence-electron chi connectivity index (χ0n) is 11.9. The molecule has 0 amide bonds. The summed E-state index contributed by atoms with van der Waals surface area (Å²) in [6.45, 7) is 3.16. The van der Waals surface area contributed by atoms with Crippen molar-refractivity contribution in [3.63, 3.8) is 0 Å². The number of hydrogen-bond acceptors (Lipinski definition) is 3. The van der Waals surface area contributed by atoms with Gasteiger partial charge < -0.3 is 14.6 Å². The van der Waals surface area contributed by atoms with Crippen molar-refractivity contribution in [1.82, 2.24) is 0 Å². The van der Waals surface area contributed by atoms with Crippen LogP contribution in [0.15, 0.2) is 24.3 Å². The molecule has 1 aliphatic heterocycles. The van der Waals surface area contributed by atoms with E-state index in [2.05, 4.69) is 31.2 Å². The number of ether oxygens (including phenoxy) is 2. The Hall–Kier alpha value is -1.39. The average Bonchev–Trinajstić information content (AvgIpc) is 2.45. The van der Waals surface area contributed by atoms with Crippen LogP contribution < -0.4 is 0 Å². The minimum absolute atomic E-state index is 0.102. The molecule has 1 aliphatic rings. The number of aryl methyl sites for hydroxylation is 1. The predicted octanol–water partition coefficient (Wildman–Crippen LogP) is 3.10. The number of rotatable bonds is 6. The standard InChI is InChI=1S/C16H22O4/c1-12-4-6-13(7-5-12)15-9-8-14(11-20-15)19-10-2-3-16(17)18/h4-7,14-15H,2-3,8-11H2,1H3,(H,17,18)/t14?,15-/m1/s1. The van der Waals surface area contributed by atoms with Crippen molar-refractivity contribution in [3.8, 4) is 0 Å². The second kappa shape index (κ2) is 7.41. The van der Waals surface area contributed by atoms with Gasteiger partial charge in [0.25, 0.3) is 0 Å². The maximum absolute atomic E-state index is 10.4. The van der Waals surface area contributed by atoms with Crippen molar-refractivity contribution >= 4 is 5.97 Å². The number of hydrogen-bond donors (Lipinski definition) is 1. The molecule has 20 heavy (non-hydrogen) atoms. The Morgan fingerprint density at radius 2 is 2.10 bits per heavy atom. The van der Waals surface area contributed by atoms with Crippen LogP contribution in [0, 0.1) is 6.92 Å². The van der Waals surface area contributed by atoms with Gasteiger partial charge in [0.1, 0.15) is 0 Å². The lowest BCUT2D eigenvalue weighted by Gasteiger charge is -2.29. The summed E-state index contributed by atoms with van der Waals surface area (Å²) in [6, 6.07) is 8.45. The van der Waals surface area contributed by atoms with E-state index < -0.39 is 5.97 Å². The van der Waals surface area contributed by atoms with E-state index in [1.807, 2.05) is 0 Å². The third kappa shape index (κ3) is 4.62. The monoisotopic (exact) mass is 278 g/mol. The Balaban J connectivity index is 1.69. The van der Waals surface area contributed by atoms with Crippen LogP contribution in [0.25, 0.3) is 0 Å². The average molecular weight is 278 g/mol. The summed E-state index contributed by atoms with van der Waals surface area (Å²) in [6.07, 6.45) is 2.91. The molecule has 2 rings (SSSR count). The minimum Gasteiger partial charge on any atom is -0.481 e. The molecule has 110 valence electrons. The van der Waals surface area contributed by atoms with E-state index in [1.165, 1.54) is 11.1 Å². The van der Waals surface area contributed by atoms with Crippen LogP contribution in [0.2, 0.25) is 0 Å². The zero-order chi connectivity index (χ0) is 14.4. The number of aliphatic carboxylic acids is 1. The van der Waals surface area contributed by atoms with Crippen LogP contribution in [0.1, 0.15) is 42.9 Å². The normalized spacial score (nSPS) is 22.6. The SMILES string of the molecule is Cc1ccc([C@H]2CCC(OCCCC(=O)O)CO2)cc1. The molecule has 4 nitrogen and oxygen atoms in total. The van der Waals surface area contributed by atoms with Crippen LogP contribution >= 0.6 is 0 Å². The van der Waals surface area contributed by atoms with Gasteiger partial charge in [0.2, 0.25) is 0 Å². The van der Waals surface area contributed by atoms with Crippen molar-refractivity contribution in [1.29, 1.82) is 0 Å². The van der Waals surface area contributed by atoms with Gasteiger partial charge >= 0.3 is 5.97 Å². The highest BCUT2D eigenvalue weighted by Gasteiger charge is 2.23. The molecule has 1 saturated heterocycles. The first-order valence-electron chi connectivity index (χ1n) is 7.16. The topological polar surface area (TPSA) is 55.8 Å². The summed E-state index contributed by atoms with van der Waals surface area (Å²) in [5, 5.41) is 8.55. The van der Waals surface area contributed by atoms with Crippen molar-refractivity contribution in [3.05, 3.63) is 35.4 Å². The van der Waals surface area contributed by atoms with Crippen molar-refractivity contribution in [2.45, 2.75) is 44.8 Å². The first kappa shape index (κ1) is 15.0. The minimum atomic E-state index is -0.770. The van der Waals surface area contributed by atoms with Crippen LogP contribution in [0.5, 0.6) is 0 Å². The molecule has 2 atom stereocenters. The first-order chi connectivity index (χ1) is 9.65. The van der Waals surface area contributed by atoms with Gasteiger partial charge in [-0.25, -0.2) is 0 Å². The molecule has 0 radical (unpaired) electrons.